The first-order valence-electron chi connectivity index (χ1n) is 8.41. The van der Waals surface area contributed by atoms with Gasteiger partial charge in [0.1, 0.15) is 6.33 Å². The molecule has 1 aromatic heterocycles. The zero-order chi connectivity index (χ0) is 14.9. The second kappa shape index (κ2) is 8.98. The first kappa shape index (κ1) is 16.2. The largest absolute Gasteiger partial charge is 0.481 e. The minimum absolute atomic E-state index is 0.521. The van der Waals surface area contributed by atoms with Crippen molar-refractivity contribution < 1.29 is 4.74 Å². The molecule has 0 radical (unpaired) electrons. The molecule has 1 fully saturated rings. The van der Waals surface area contributed by atoms with Crippen LogP contribution in [0.25, 0.3) is 0 Å². The number of ether oxygens (including phenoxy) is 1. The lowest BCUT2D eigenvalue weighted by Crippen LogP contribution is -2.38. The van der Waals surface area contributed by atoms with Gasteiger partial charge >= 0.3 is 0 Å². The normalized spacial score (nSPS) is 18.8. The fourth-order valence-corrected chi connectivity index (χ4v) is 3.38. The van der Waals surface area contributed by atoms with Crippen LogP contribution in [0.2, 0.25) is 0 Å². The van der Waals surface area contributed by atoms with E-state index in [0.29, 0.717) is 11.9 Å². The molecule has 0 saturated heterocycles. The van der Waals surface area contributed by atoms with E-state index < -0.39 is 0 Å². The van der Waals surface area contributed by atoms with E-state index in [2.05, 4.69) is 22.2 Å². The fraction of sp³-hybridized carbons (Fsp3) is 0.765. The average Bonchev–Trinajstić information content (AvgIpc) is 2.47. The maximum absolute atomic E-state index is 5.21. The Morgan fingerprint density at radius 3 is 2.57 bits per heavy atom. The van der Waals surface area contributed by atoms with E-state index in [-0.39, 0.29) is 0 Å². The van der Waals surface area contributed by atoms with Gasteiger partial charge in [0.25, 0.3) is 0 Å². The van der Waals surface area contributed by atoms with Gasteiger partial charge < -0.3 is 10.1 Å². The Kier molecular flexibility index (Phi) is 6.93. The number of aromatic nitrogens is 2. The highest BCUT2D eigenvalue weighted by molar-refractivity contribution is 5.14. The van der Waals surface area contributed by atoms with E-state index in [4.69, 9.17) is 4.74 Å². The van der Waals surface area contributed by atoms with Crippen LogP contribution >= 0.6 is 0 Å². The molecule has 4 nitrogen and oxygen atoms in total. The molecular formula is C17H29N3O. The quantitative estimate of drug-likeness (QED) is 0.873. The van der Waals surface area contributed by atoms with Crippen LogP contribution < -0.4 is 10.1 Å². The predicted molar refractivity (Wildman–Crippen MR) is 85.6 cm³/mol. The second-order valence-electron chi connectivity index (χ2n) is 6.03. The molecule has 0 spiro atoms. The third-order valence-electron chi connectivity index (χ3n) is 4.52. The third-order valence-corrected chi connectivity index (χ3v) is 4.52. The maximum Gasteiger partial charge on any atom is 0.216 e. The minimum Gasteiger partial charge on any atom is -0.481 e. The van der Waals surface area contributed by atoms with E-state index in [1.54, 1.807) is 13.4 Å². The molecule has 0 aliphatic heterocycles. The first-order chi connectivity index (χ1) is 10.3. The van der Waals surface area contributed by atoms with Crippen molar-refractivity contribution in [1.29, 1.82) is 0 Å². The highest BCUT2D eigenvalue weighted by Gasteiger charge is 2.22. The molecule has 118 valence electrons. The van der Waals surface area contributed by atoms with Crippen LogP contribution in [0.1, 0.15) is 57.6 Å². The lowest BCUT2D eigenvalue weighted by molar-refractivity contribution is 0.284. The molecule has 0 bridgehead atoms. The molecule has 1 aliphatic rings. The summed E-state index contributed by atoms with van der Waals surface area (Å²) in [5.74, 6) is 1.43. The number of rotatable bonds is 6. The number of methoxy groups -OCH3 is 1. The zero-order valence-electron chi connectivity index (χ0n) is 13.5. The van der Waals surface area contributed by atoms with Crippen LogP contribution in [0.5, 0.6) is 5.88 Å². The maximum atomic E-state index is 5.21. The van der Waals surface area contributed by atoms with Crippen molar-refractivity contribution in [3.05, 3.63) is 18.1 Å². The predicted octanol–water partition coefficient (Wildman–Crippen LogP) is 3.37. The van der Waals surface area contributed by atoms with Gasteiger partial charge in [-0.1, -0.05) is 39.0 Å². The zero-order valence-corrected chi connectivity index (χ0v) is 13.5. The van der Waals surface area contributed by atoms with Crippen LogP contribution in [-0.2, 0) is 6.42 Å². The lowest BCUT2D eigenvalue weighted by atomic mass is 9.84. The summed E-state index contributed by atoms with van der Waals surface area (Å²) in [6.45, 7) is 3.21. The smallest absolute Gasteiger partial charge is 0.216 e. The topological polar surface area (TPSA) is 47.0 Å². The van der Waals surface area contributed by atoms with Crippen molar-refractivity contribution in [2.75, 3.05) is 13.7 Å². The summed E-state index contributed by atoms with van der Waals surface area (Å²) < 4.78 is 5.21. The summed E-state index contributed by atoms with van der Waals surface area (Å²) in [6, 6.07) is 2.49. The van der Waals surface area contributed by atoms with Gasteiger partial charge in [0.05, 0.1) is 7.11 Å². The highest BCUT2D eigenvalue weighted by Crippen LogP contribution is 2.26. The molecule has 1 atom stereocenters. The molecule has 0 amide bonds. The molecule has 1 aliphatic carbocycles. The van der Waals surface area contributed by atoms with Gasteiger partial charge in [0, 0.05) is 24.2 Å². The van der Waals surface area contributed by atoms with Gasteiger partial charge in [-0.15, -0.1) is 0 Å². The number of hydrogen-bond acceptors (Lipinski definition) is 4. The Morgan fingerprint density at radius 2 is 1.90 bits per heavy atom. The summed E-state index contributed by atoms with van der Waals surface area (Å²) in [4.78, 5) is 8.51. The molecule has 1 N–H and O–H groups in total. The summed E-state index contributed by atoms with van der Waals surface area (Å²) in [6.07, 6.45) is 12.2. The van der Waals surface area contributed by atoms with E-state index in [1.165, 1.54) is 44.9 Å². The van der Waals surface area contributed by atoms with E-state index in [1.807, 2.05) is 6.07 Å². The van der Waals surface area contributed by atoms with Gasteiger partial charge in [0.15, 0.2) is 0 Å². The fourth-order valence-electron chi connectivity index (χ4n) is 3.38. The van der Waals surface area contributed by atoms with Crippen LogP contribution in [-0.4, -0.2) is 29.7 Å². The van der Waals surface area contributed by atoms with Gasteiger partial charge in [-0.25, -0.2) is 9.97 Å². The minimum atomic E-state index is 0.521. The Labute approximate surface area is 128 Å². The molecular weight excluding hydrogens is 262 g/mol. The van der Waals surface area contributed by atoms with Crippen molar-refractivity contribution in [1.82, 2.24) is 15.3 Å². The Hall–Kier alpha value is -1.16. The van der Waals surface area contributed by atoms with Crippen LogP contribution in [0, 0.1) is 5.92 Å². The van der Waals surface area contributed by atoms with Crippen molar-refractivity contribution in [3.63, 3.8) is 0 Å². The molecule has 21 heavy (non-hydrogen) atoms. The molecule has 1 aromatic rings. The van der Waals surface area contributed by atoms with Gasteiger partial charge in [-0.05, 0) is 25.3 Å². The van der Waals surface area contributed by atoms with Gasteiger partial charge in [-0.2, -0.15) is 0 Å². The van der Waals surface area contributed by atoms with E-state index in [9.17, 15) is 0 Å². The van der Waals surface area contributed by atoms with E-state index in [0.717, 1.165) is 24.6 Å². The second-order valence-corrected chi connectivity index (χ2v) is 6.03. The monoisotopic (exact) mass is 291 g/mol. The molecule has 1 unspecified atom stereocenters. The van der Waals surface area contributed by atoms with Gasteiger partial charge in [-0.3, -0.25) is 0 Å². The number of nitrogens with zero attached hydrogens (tertiary/aromatic N) is 2. The summed E-state index contributed by atoms with van der Waals surface area (Å²) >= 11 is 0. The van der Waals surface area contributed by atoms with Crippen molar-refractivity contribution in [2.45, 2.75) is 64.3 Å². The van der Waals surface area contributed by atoms with Crippen LogP contribution in [0.3, 0.4) is 0 Å². The van der Waals surface area contributed by atoms with Crippen LogP contribution in [0.15, 0.2) is 12.4 Å². The van der Waals surface area contributed by atoms with Crippen molar-refractivity contribution in [2.24, 2.45) is 5.92 Å². The average molecular weight is 291 g/mol. The summed E-state index contributed by atoms with van der Waals surface area (Å²) in [5.41, 5.74) is 1.08. The first-order valence-corrected chi connectivity index (χ1v) is 8.41. The van der Waals surface area contributed by atoms with Gasteiger partial charge in [0.2, 0.25) is 5.88 Å². The molecule has 1 saturated carbocycles. The summed E-state index contributed by atoms with van der Waals surface area (Å²) in [5, 5.41) is 3.69. The molecule has 1 heterocycles. The molecule has 2 rings (SSSR count). The Bertz CT molecular complexity index is 403. The van der Waals surface area contributed by atoms with Crippen LogP contribution in [0.4, 0.5) is 0 Å². The lowest BCUT2D eigenvalue weighted by Gasteiger charge is -2.29. The van der Waals surface area contributed by atoms with Crippen molar-refractivity contribution in [3.8, 4) is 5.88 Å². The molecule has 4 heteroatoms. The summed E-state index contributed by atoms with van der Waals surface area (Å²) in [7, 11) is 1.66. The number of hydrogen-bond donors (Lipinski definition) is 1. The standard InChI is InChI=1S/C17H29N3O/c1-3-18-16(14-9-7-5-4-6-8-10-14)11-15-12-17(21-2)20-13-19-15/h12-14,16,18H,3-11H2,1-2H3. The molecule has 0 aromatic carbocycles. The van der Waals surface area contributed by atoms with E-state index >= 15 is 0 Å². The number of nitrogens with one attached hydrogen (secondary N) is 1. The number of likely N-dealkylation sites (N-methyl/N-ethyl adjacent to an activating group) is 1. The van der Waals surface area contributed by atoms with Crippen molar-refractivity contribution >= 4 is 0 Å². The third kappa shape index (κ3) is 5.27. The highest BCUT2D eigenvalue weighted by atomic mass is 16.5. The Morgan fingerprint density at radius 1 is 1.19 bits per heavy atom. The Balaban J connectivity index is 2.02. The SMILES string of the molecule is CCNC(Cc1cc(OC)ncn1)C1CCCCCCC1.